The number of carbonyl (C=O) groups is 2. The van der Waals surface area contributed by atoms with Gasteiger partial charge >= 0.3 is 0 Å². The zero-order valence-electron chi connectivity index (χ0n) is 9.28. The minimum Gasteiger partial charge on any atom is -0.381 e. The van der Waals surface area contributed by atoms with Crippen molar-refractivity contribution < 1.29 is 14.3 Å². The summed E-state index contributed by atoms with van der Waals surface area (Å²) in [5, 5.41) is 2.74. The molecule has 1 aliphatic heterocycles. The quantitative estimate of drug-likeness (QED) is 0.680. The molecule has 2 amide bonds. The van der Waals surface area contributed by atoms with Gasteiger partial charge in [0.1, 0.15) is 6.04 Å². The Morgan fingerprint density at radius 3 is 2.62 bits per heavy atom. The molecule has 0 radical (unpaired) electrons. The van der Waals surface area contributed by atoms with Crippen LogP contribution in [0.1, 0.15) is 25.7 Å². The van der Waals surface area contributed by atoms with Crippen molar-refractivity contribution in [2.45, 2.75) is 31.7 Å². The highest BCUT2D eigenvalue weighted by Crippen LogP contribution is 2.33. The van der Waals surface area contributed by atoms with E-state index in [4.69, 9.17) is 10.5 Å². The maximum Gasteiger partial charge on any atom is 0.240 e. The van der Waals surface area contributed by atoms with Gasteiger partial charge in [0.25, 0.3) is 0 Å². The second kappa shape index (κ2) is 4.82. The molecule has 0 bridgehead atoms. The number of hydrogen-bond donors (Lipinski definition) is 2. The van der Waals surface area contributed by atoms with E-state index in [2.05, 4.69) is 5.32 Å². The van der Waals surface area contributed by atoms with E-state index in [0.717, 1.165) is 19.3 Å². The molecule has 0 spiro atoms. The predicted molar refractivity (Wildman–Crippen MR) is 57.4 cm³/mol. The van der Waals surface area contributed by atoms with Crippen molar-refractivity contribution >= 4 is 11.8 Å². The van der Waals surface area contributed by atoms with Crippen molar-refractivity contribution in [1.29, 1.82) is 0 Å². The van der Waals surface area contributed by atoms with E-state index in [9.17, 15) is 9.59 Å². The molecule has 2 aliphatic rings. The first-order valence-electron chi connectivity index (χ1n) is 5.84. The summed E-state index contributed by atoms with van der Waals surface area (Å²) >= 11 is 0. The lowest BCUT2D eigenvalue weighted by Crippen LogP contribution is -2.47. The standard InChI is InChI=1S/C11H18N2O3/c12-10(14)9(5-7-1-2-7)13-11(15)8-3-4-16-6-8/h7-9H,1-6H2,(H2,12,14)(H,13,15)/t8-,9+/m0/s1. The lowest BCUT2D eigenvalue weighted by Gasteiger charge is -2.17. The molecule has 0 aromatic carbocycles. The Balaban J connectivity index is 1.83. The van der Waals surface area contributed by atoms with Crippen molar-refractivity contribution in [1.82, 2.24) is 5.32 Å². The molecular weight excluding hydrogens is 208 g/mol. The van der Waals surface area contributed by atoms with Crippen LogP contribution < -0.4 is 11.1 Å². The third-order valence-electron chi connectivity index (χ3n) is 3.23. The summed E-state index contributed by atoms with van der Waals surface area (Å²) in [6.07, 6.45) is 3.72. The monoisotopic (exact) mass is 226 g/mol. The molecule has 2 fully saturated rings. The first-order valence-corrected chi connectivity index (χ1v) is 5.84. The number of ether oxygens (including phenoxy) is 1. The van der Waals surface area contributed by atoms with E-state index >= 15 is 0 Å². The third-order valence-corrected chi connectivity index (χ3v) is 3.23. The summed E-state index contributed by atoms with van der Waals surface area (Å²) in [4.78, 5) is 23.0. The number of nitrogens with one attached hydrogen (secondary N) is 1. The second-order valence-corrected chi connectivity index (χ2v) is 4.70. The molecule has 90 valence electrons. The Morgan fingerprint density at radius 2 is 2.12 bits per heavy atom. The van der Waals surface area contributed by atoms with Crippen LogP contribution in [-0.4, -0.2) is 31.1 Å². The Morgan fingerprint density at radius 1 is 1.38 bits per heavy atom. The minimum absolute atomic E-state index is 0.0954. The molecular formula is C11H18N2O3. The molecule has 1 aliphatic carbocycles. The lowest BCUT2D eigenvalue weighted by atomic mass is 10.1. The normalized spacial score (nSPS) is 26.4. The molecule has 1 saturated carbocycles. The van der Waals surface area contributed by atoms with Crippen LogP contribution in [-0.2, 0) is 14.3 Å². The van der Waals surface area contributed by atoms with Crippen LogP contribution in [0.25, 0.3) is 0 Å². The number of amides is 2. The van der Waals surface area contributed by atoms with Crippen LogP contribution in [0.2, 0.25) is 0 Å². The van der Waals surface area contributed by atoms with Crippen LogP contribution in [0.3, 0.4) is 0 Å². The highest BCUT2D eigenvalue weighted by molar-refractivity contribution is 5.87. The van der Waals surface area contributed by atoms with E-state index < -0.39 is 11.9 Å². The molecule has 0 aromatic rings. The summed E-state index contributed by atoms with van der Waals surface area (Å²) in [6.45, 7) is 1.09. The first kappa shape index (κ1) is 11.4. The van der Waals surface area contributed by atoms with Gasteiger partial charge in [-0.2, -0.15) is 0 Å². The van der Waals surface area contributed by atoms with E-state index in [0.29, 0.717) is 25.6 Å². The van der Waals surface area contributed by atoms with Gasteiger partial charge in [-0.3, -0.25) is 9.59 Å². The fourth-order valence-corrected chi connectivity index (χ4v) is 1.96. The first-order chi connectivity index (χ1) is 7.66. The summed E-state index contributed by atoms with van der Waals surface area (Å²) in [5.41, 5.74) is 5.27. The summed E-state index contributed by atoms with van der Waals surface area (Å²) in [5.74, 6) is -0.0696. The smallest absolute Gasteiger partial charge is 0.240 e. The Kier molecular flexibility index (Phi) is 3.43. The van der Waals surface area contributed by atoms with E-state index in [1.54, 1.807) is 0 Å². The topological polar surface area (TPSA) is 81.4 Å². The second-order valence-electron chi connectivity index (χ2n) is 4.70. The molecule has 2 atom stereocenters. The van der Waals surface area contributed by atoms with Gasteiger partial charge < -0.3 is 15.8 Å². The Labute approximate surface area is 94.7 Å². The van der Waals surface area contributed by atoms with E-state index in [1.165, 1.54) is 0 Å². The van der Waals surface area contributed by atoms with Gasteiger partial charge in [-0.25, -0.2) is 0 Å². The van der Waals surface area contributed by atoms with Crippen LogP contribution in [0.15, 0.2) is 0 Å². The molecule has 1 heterocycles. The molecule has 5 nitrogen and oxygen atoms in total. The fourth-order valence-electron chi connectivity index (χ4n) is 1.96. The van der Waals surface area contributed by atoms with Gasteiger partial charge in [0.05, 0.1) is 12.5 Å². The van der Waals surface area contributed by atoms with Crippen LogP contribution in [0, 0.1) is 11.8 Å². The van der Waals surface area contributed by atoms with Crippen molar-refractivity contribution in [3.63, 3.8) is 0 Å². The minimum atomic E-state index is -0.499. The van der Waals surface area contributed by atoms with Gasteiger partial charge in [0.15, 0.2) is 0 Å². The Bertz CT molecular complexity index is 283. The van der Waals surface area contributed by atoms with Crippen LogP contribution >= 0.6 is 0 Å². The number of carbonyl (C=O) groups excluding carboxylic acids is 2. The van der Waals surface area contributed by atoms with Crippen molar-refractivity contribution in [3.05, 3.63) is 0 Å². The fraction of sp³-hybridized carbons (Fsp3) is 0.818. The van der Waals surface area contributed by atoms with Gasteiger partial charge in [0, 0.05) is 6.61 Å². The van der Waals surface area contributed by atoms with Gasteiger partial charge in [-0.05, 0) is 18.8 Å². The summed E-state index contributed by atoms with van der Waals surface area (Å²) < 4.78 is 5.14. The molecule has 1 saturated heterocycles. The van der Waals surface area contributed by atoms with Crippen molar-refractivity contribution in [3.8, 4) is 0 Å². The van der Waals surface area contributed by atoms with Crippen molar-refractivity contribution in [2.24, 2.45) is 17.6 Å². The number of hydrogen-bond acceptors (Lipinski definition) is 3. The molecule has 5 heteroatoms. The predicted octanol–water partition coefficient (Wildman–Crippen LogP) is -0.207. The van der Waals surface area contributed by atoms with Gasteiger partial charge in [-0.1, -0.05) is 12.8 Å². The number of primary amides is 1. The van der Waals surface area contributed by atoms with Crippen LogP contribution in [0.4, 0.5) is 0 Å². The van der Waals surface area contributed by atoms with Crippen LogP contribution in [0.5, 0.6) is 0 Å². The molecule has 16 heavy (non-hydrogen) atoms. The lowest BCUT2D eigenvalue weighted by molar-refractivity contribution is -0.130. The van der Waals surface area contributed by atoms with Crippen molar-refractivity contribution in [2.75, 3.05) is 13.2 Å². The SMILES string of the molecule is NC(=O)[C@@H](CC1CC1)NC(=O)[C@H]1CCOC1. The number of rotatable bonds is 5. The molecule has 0 unspecified atom stereocenters. The Hall–Kier alpha value is -1.10. The number of nitrogens with two attached hydrogens (primary N) is 1. The average molecular weight is 226 g/mol. The maximum absolute atomic E-state index is 11.8. The highest BCUT2D eigenvalue weighted by atomic mass is 16.5. The average Bonchev–Trinajstić information content (AvgIpc) is 2.89. The van der Waals surface area contributed by atoms with Gasteiger partial charge in [-0.15, -0.1) is 0 Å². The van der Waals surface area contributed by atoms with E-state index in [1.807, 2.05) is 0 Å². The zero-order chi connectivity index (χ0) is 11.5. The summed E-state index contributed by atoms with van der Waals surface area (Å²) in [6, 6.07) is -0.499. The van der Waals surface area contributed by atoms with Gasteiger partial charge in [0.2, 0.25) is 11.8 Å². The van der Waals surface area contributed by atoms with E-state index in [-0.39, 0.29) is 11.8 Å². The molecule has 0 aromatic heterocycles. The largest absolute Gasteiger partial charge is 0.381 e. The third kappa shape index (κ3) is 2.95. The zero-order valence-corrected chi connectivity index (χ0v) is 9.28. The summed E-state index contributed by atoms with van der Waals surface area (Å²) in [7, 11) is 0. The highest BCUT2D eigenvalue weighted by Gasteiger charge is 2.31. The molecule has 2 rings (SSSR count). The maximum atomic E-state index is 11.8. The molecule has 3 N–H and O–H groups in total.